The fourth-order valence-electron chi connectivity index (χ4n) is 2.11. The van der Waals surface area contributed by atoms with Crippen molar-refractivity contribution in [1.29, 1.82) is 0 Å². The minimum Gasteiger partial charge on any atom is -0.354 e. The summed E-state index contributed by atoms with van der Waals surface area (Å²) in [5, 5.41) is 6.51. The summed E-state index contributed by atoms with van der Waals surface area (Å²) in [7, 11) is 0. The number of rotatable bonds is 9. The molecule has 0 bridgehead atoms. The highest BCUT2D eigenvalue weighted by Gasteiger charge is 2.10. The lowest BCUT2D eigenvalue weighted by atomic mass is 10.1. The van der Waals surface area contributed by atoms with E-state index in [1.54, 1.807) is 6.20 Å². The Kier molecular flexibility index (Phi) is 7.49. The number of benzene rings is 1. The normalized spacial score (nSPS) is 12.8. The van der Waals surface area contributed by atoms with E-state index in [0.29, 0.717) is 23.6 Å². The molecule has 1 aromatic heterocycles. The van der Waals surface area contributed by atoms with E-state index in [-0.39, 0.29) is 0 Å². The number of allylic oxidation sites excluding steroid dienone is 2. The van der Waals surface area contributed by atoms with E-state index < -0.39 is 0 Å². The SMILES string of the molecule is C=N/C=C\C(=C/C)Nc1nc(NCC(C)CC)nc(-c2ccccc2)n1. The Morgan fingerprint density at radius 3 is 2.58 bits per heavy atom. The first-order chi connectivity index (χ1) is 12.7. The Labute approximate surface area is 155 Å². The van der Waals surface area contributed by atoms with Gasteiger partial charge in [0, 0.05) is 24.0 Å². The number of hydrogen-bond donors (Lipinski definition) is 2. The molecule has 1 unspecified atom stereocenters. The standard InChI is InChI=1S/C20H26N6/c1-5-15(3)14-22-19-24-18(16-10-8-7-9-11-16)25-20(26-19)23-17(6-2)12-13-21-4/h6-13,15H,4-5,14H2,1-3H3,(H2,22,23,24,25,26)/b13-12-,17-6+. The van der Waals surface area contributed by atoms with Crippen LogP contribution >= 0.6 is 0 Å². The highest BCUT2D eigenvalue weighted by atomic mass is 15.2. The van der Waals surface area contributed by atoms with Gasteiger partial charge in [-0.1, -0.05) is 56.7 Å². The molecule has 6 heteroatoms. The van der Waals surface area contributed by atoms with Crippen molar-refractivity contribution in [3.05, 3.63) is 54.4 Å². The van der Waals surface area contributed by atoms with Gasteiger partial charge >= 0.3 is 0 Å². The summed E-state index contributed by atoms with van der Waals surface area (Å²) < 4.78 is 0. The van der Waals surface area contributed by atoms with Crippen molar-refractivity contribution in [2.45, 2.75) is 27.2 Å². The predicted octanol–water partition coefficient (Wildman–Crippen LogP) is 4.53. The van der Waals surface area contributed by atoms with Gasteiger partial charge in [0.05, 0.1) is 0 Å². The largest absolute Gasteiger partial charge is 0.354 e. The maximum atomic E-state index is 4.57. The minimum absolute atomic E-state index is 0.479. The van der Waals surface area contributed by atoms with Crippen molar-refractivity contribution in [2.75, 3.05) is 17.2 Å². The van der Waals surface area contributed by atoms with E-state index in [1.165, 1.54) is 0 Å². The van der Waals surface area contributed by atoms with Gasteiger partial charge in [-0.2, -0.15) is 15.0 Å². The van der Waals surface area contributed by atoms with Crippen molar-refractivity contribution in [2.24, 2.45) is 10.9 Å². The van der Waals surface area contributed by atoms with Gasteiger partial charge in [-0.25, -0.2) is 0 Å². The average molecular weight is 350 g/mol. The van der Waals surface area contributed by atoms with E-state index >= 15 is 0 Å². The second kappa shape index (κ2) is 10.1. The fraction of sp³-hybridized carbons (Fsp3) is 0.300. The molecule has 2 rings (SSSR count). The molecule has 2 aromatic rings. The lowest BCUT2D eigenvalue weighted by molar-refractivity contribution is 0.591. The smallest absolute Gasteiger partial charge is 0.232 e. The third kappa shape index (κ3) is 5.81. The molecule has 0 spiro atoms. The zero-order valence-corrected chi connectivity index (χ0v) is 15.6. The van der Waals surface area contributed by atoms with Crippen molar-refractivity contribution >= 4 is 18.6 Å². The zero-order chi connectivity index (χ0) is 18.8. The molecule has 1 aromatic carbocycles. The molecule has 0 saturated carbocycles. The number of aromatic nitrogens is 3. The first-order valence-corrected chi connectivity index (χ1v) is 8.77. The molecule has 0 radical (unpaired) electrons. The Morgan fingerprint density at radius 1 is 1.19 bits per heavy atom. The summed E-state index contributed by atoms with van der Waals surface area (Å²) >= 11 is 0. The van der Waals surface area contributed by atoms with Gasteiger partial charge in [0.25, 0.3) is 0 Å². The minimum atomic E-state index is 0.479. The molecule has 1 atom stereocenters. The van der Waals surface area contributed by atoms with E-state index in [0.717, 1.165) is 24.2 Å². The Morgan fingerprint density at radius 2 is 1.92 bits per heavy atom. The van der Waals surface area contributed by atoms with Crippen LogP contribution in [0.25, 0.3) is 11.4 Å². The van der Waals surface area contributed by atoms with Crippen LogP contribution in [0.5, 0.6) is 0 Å². The van der Waals surface area contributed by atoms with Gasteiger partial charge < -0.3 is 10.6 Å². The molecule has 136 valence electrons. The lowest BCUT2D eigenvalue weighted by Gasteiger charge is -2.13. The molecular weight excluding hydrogens is 324 g/mol. The molecule has 0 amide bonds. The topological polar surface area (TPSA) is 75.1 Å². The van der Waals surface area contributed by atoms with E-state index in [2.05, 4.69) is 51.1 Å². The van der Waals surface area contributed by atoms with Crippen LogP contribution in [0.4, 0.5) is 11.9 Å². The maximum absolute atomic E-state index is 4.57. The van der Waals surface area contributed by atoms with Crippen molar-refractivity contribution in [1.82, 2.24) is 15.0 Å². The van der Waals surface area contributed by atoms with Gasteiger partial charge in [-0.05, 0) is 25.6 Å². The fourth-order valence-corrected chi connectivity index (χ4v) is 2.11. The monoisotopic (exact) mass is 350 g/mol. The summed E-state index contributed by atoms with van der Waals surface area (Å²) in [4.78, 5) is 17.3. The van der Waals surface area contributed by atoms with Crippen LogP contribution in [-0.2, 0) is 0 Å². The summed E-state index contributed by atoms with van der Waals surface area (Å²) in [5.41, 5.74) is 1.77. The van der Waals surface area contributed by atoms with Gasteiger partial charge in [-0.15, -0.1) is 0 Å². The molecular formula is C20H26N6. The van der Waals surface area contributed by atoms with Gasteiger partial charge in [0.2, 0.25) is 11.9 Å². The third-order valence-electron chi connectivity index (χ3n) is 3.90. The molecule has 0 saturated heterocycles. The van der Waals surface area contributed by atoms with Gasteiger partial charge in [0.1, 0.15) is 0 Å². The van der Waals surface area contributed by atoms with E-state index in [1.807, 2.05) is 49.4 Å². The van der Waals surface area contributed by atoms with Crippen molar-refractivity contribution in [3.63, 3.8) is 0 Å². The summed E-state index contributed by atoms with van der Waals surface area (Å²) in [6.07, 6.45) is 6.44. The maximum Gasteiger partial charge on any atom is 0.232 e. The zero-order valence-electron chi connectivity index (χ0n) is 15.6. The lowest BCUT2D eigenvalue weighted by Crippen LogP contribution is -2.14. The molecule has 2 N–H and O–H groups in total. The predicted molar refractivity (Wildman–Crippen MR) is 109 cm³/mol. The number of aliphatic imine (C=N–C) groups is 1. The summed E-state index contributed by atoms with van der Waals surface area (Å²) in [6.45, 7) is 10.5. The van der Waals surface area contributed by atoms with Gasteiger partial charge in [0.15, 0.2) is 5.82 Å². The van der Waals surface area contributed by atoms with Gasteiger partial charge in [-0.3, -0.25) is 4.99 Å². The number of nitrogens with zero attached hydrogens (tertiary/aromatic N) is 4. The van der Waals surface area contributed by atoms with Crippen LogP contribution in [0, 0.1) is 5.92 Å². The Hall–Kier alpha value is -3.02. The Bertz CT molecular complexity index is 767. The average Bonchev–Trinajstić information content (AvgIpc) is 2.69. The third-order valence-corrected chi connectivity index (χ3v) is 3.90. The number of anilines is 2. The molecule has 0 aliphatic rings. The summed E-state index contributed by atoms with van der Waals surface area (Å²) in [6, 6.07) is 9.87. The Balaban J connectivity index is 2.33. The number of nitrogens with one attached hydrogen (secondary N) is 2. The van der Waals surface area contributed by atoms with Crippen LogP contribution < -0.4 is 10.6 Å². The molecule has 0 aliphatic carbocycles. The molecule has 0 aliphatic heterocycles. The van der Waals surface area contributed by atoms with E-state index in [9.17, 15) is 0 Å². The van der Waals surface area contributed by atoms with Crippen LogP contribution in [0.3, 0.4) is 0 Å². The second-order valence-electron chi connectivity index (χ2n) is 5.93. The van der Waals surface area contributed by atoms with Crippen molar-refractivity contribution < 1.29 is 0 Å². The second-order valence-corrected chi connectivity index (χ2v) is 5.93. The van der Waals surface area contributed by atoms with Crippen LogP contribution in [0.1, 0.15) is 27.2 Å². The molecule has 6 nitrogen and oxygen atoms in total. The molecule has 26 heavy (non-hydrogen) atoms. The molecule has 0 fully saturated rings. The highest BCUT2D eigenvalue weighted by Crippen LogP contribution is 2.18. The molecule has 1 heterocycles. The first kappa shape index (κ1) is 19.3. The van der Waals surface area contributed by atoms with E-state index in [4.69, 9.17) is 0 Å². The van der Waals surface area contributed by atoms with Crippen LogP contribution in [-0.4, -0.2) is 28.2 Å². The quantitative estimate of drug-likeness (QED) is 0.513. The summed E-state index contributed by atoms with van der Waals surface area (Å²) in [5.74, 6) is 2.20. The number of hydrogen-bond acceptors (Lipinski definition) is 6. The van der Waals surface area contributed by atoms with Crippen molar-refractivity contribution in [3.8, 4) is 11.4 Å². The van der Waals surface area contributed by atoms with Crippen LogP contribution in [0.15, 0.2) is 59.4 Å². The first-order valence-electron chi connectivity index (χ1n) is 8.77. The highest BCUT2D eigenvalue weighted by molar-refractivity contribution is 5.58. The van der Waals surface area contributed by atoms with Crippen LogP contribution in [0.2, 0.25) is 0 Å².